The summed E-state index contributed by atoms with van der Waals surface area (Å²) in [5.74, 6) is 0.448. The maximum atomic E-state index is 10.1. The normalized spacial score (nSPS) is 14.8. The minimum atomic E-state index is -0.600. The van der Waals surface area contributed by atoms with Crippen molar-refractivity contribution in [2.45, 2.75) is 26.0 Å². The molecular formula is C14H22ClNO2. The largest absolute Gasteiger partial charge is 0.387 e. The average molecular weight is 272 g/mol. The van der Waals surface area contributed by atoms with Gasteiger partial charge in [0.25, 0.3) is 0 Å². The van der Waals surface area contributed by atoms with Gasteiger partial charge < -0.3 is 15.2 Å². The number of benzene rings is 1. The molecule has 2 atom stereocenters. The van der Waals surface area contributed by atoms with Crippen molar-refractivity contribution in [2.24, 2.45) is 5.92 Å². The fourth-order valence-electron chi connectivity index (χ4n) is 1.78. The number of hydrogen-bond acceptors (Lipinski definition) is 3. The Balaban J connectivity index is 2.54. The Kier molecular flexibility index (Phi) is 6.65. The molecule has 0 aliphatic carbocycles. The zero-order valence-corrected chi connectivity index (χ0v) is 11.9. The molecule has 1 aromatic carbocycles. The van der Waals surface area contributed by atoms with E-state index in [1.165, 1.54) is 0 Å². The Labute approximate surface area is 114 Å². The lowest BCUT2D eigenvalue weighted by Crippen LogP contribution is -2.40. The molecule has 1 rings (SSSR count). The molecule has 2 unspecified atom stereocenters. The number of methoxy groups -OCH3 is 1. The molecule has 18 heavy (non-hydrogen) atoms. The SMILES string of the molecule is COCC(NCC(O)c1ccccc1Cl)C(C)C. The Bertz CT molecular complexity index is 357. The lowest BCUT2D eigenvalue weighted by atomic mass is 10.0. The molecule has 0 aromatic heterocycles. The first-order valence-corrected chi connectivity index (χ1v) is 6.58. The molecule has 0 radical (unpaired) electrons. The van der Waals surface area contributed by atoms with E-state index >= 15 is 0 Å². The zero-order valence-electron chi connectivity index (χ0n) is 11.2. The molecule has 102 valence electrons. The summed E-state index contributed by atoms with van der Waals surface area (Å²) in [5.41, 5.74) is 0.756. The molecule has 3 nitrogen and oxygen atoms in total. The van der Waals surface area contributed by atoms with Gasteiger partial charge in [-0.3, -0.25) is 0 Å². The van der Waals surface area contributed by atoms with Crippen LogP contribution in [0, 0.1) is 5.92 Å². The fourth-order valence-corrected chi connectivity index (χ4v) is 2.05. The Morgan fingerprint density at radius 3 is 2.56 bits per heavy atom. The third kappa shape index (κ3) is 4.58. The highest BCUT2D eigenvalue weighted by molar-refractivity contribution is 6.31. The van der Waals surface area contributed by atoms with Gasteiger partial charge in [0, 0.05) is 30.3 Å². The summed E-state index contributed by atoms with van der Waals surface area (Å²) in [7, 11) is 1.68. The van der Waals surface area contributed by atoms with Crippen LogP contribution in [0.1, 0.15) is 25.5 Å². The van der Waals surface area contributed by atoms with E-state index < -0.39 is 6.10 Å². The standard InChI is InChI=1S/C14H22ClNO2/c1-10(2)13(9-18-3)16-8-14(17)11-6-4-5-7-12(11)15/h4-7,10,13-14,16-17H,8-9H2,1-3H3. The molecule has 2 N–H and O–H groups in total. The highest BCUT2D eigenvalue weighted by Crippen LogP contribution is 2.22. The number of aliphatic hydroxyl groups is 1. The van der Waals surface area contributed by atoms with Crippen LogP contribution in [0.15, 0.2) is 24.3 Å². The van der Waals surface area contributed by atoms with Gasteiger partial charge in [-0.15, -0.1) is 0 Å². The van der Waals surface area contributed by atoms with Crippen LogP contribution >= 0.6 is 11.6 Å². The van der Waals surface area contributed by atoms with Crippen LogP contribution in [0.5, 0.6) is 0 Å². The molecule has 0 heterocycles. The number of halogens is 1. The van der Waals surface area contributed by atoms with E-state index in [2.05, 4.69) is 19.2 Å². The van der Waals surface area contributed by atoms with Crippen LogP contribution in [0.25, 0.3) is 0 Å². The zero-order chi connectivity index (χ0) is 13.5. The predicted octanol–water partition coefficient (Wildman–Crippen LogP) is 2.63. The maximum Gasteiger partial charge on any atom is 0.0928 e. The van der Waals surface area contributed by atoms with E-state index in [9.17, 15) is 5.11 Å². The highest BCUT2D eigenvalue weighted by Gasteiger charge is 2.16. The second-order valence-corrected chi connectivity index (χ2v) is 5.16. The molecule has 0 fully saturated rings. The number of rotatable bonds is 7. The first kappa shape index (κ1) is 15.4. The van der Waals surface area contributed by atoms with Crippen molar-refractivity contribution in [3.05, 3.63) is 34.9 Å². The van der Waals surface area contributed by atoms with Crippen molar-refractivity contribution >= 4 is 11.6 Å². The van der Waals surface area contributed by atoms with E-state index in [1.54, 1.807) is 13.2 Å². The maximum absolute atomic E-state index is 10.1. The summed E-state index contributed by atoms with van der Waals surface area (Å²) in [6.45, 7) is 5.35. The van der Waals surface area contributed by atoms with Gasteiger partial charge in [-0.25, -0.2) is 0 Å². The van der Waals surface area contributed by atoms with Gasteiger partial charge in [0.15, 0.2) is 0 Å². The monoisotopic (exact) mass is 271 g/mol. The molecule has 0 aliphatic rings. The summed E-state index contributed by atoms with van der Waals surface area (Å²) in [6, 6.07) is 7.59. The van der Waals surface area contributed by atoms with Gasteiger partial charge in [0.1, 0.15) is 0 Å². The molecule has 4 heteroatoms. The summed E-state index contributed by atoms with van der Waals surface area (Å²) in [6.07, 6.45) is -0.600. The van der Waals surface area contributed by atoms with Gasteiger partial charge in [0.2, 0.25) is 0 Å². The van der Waals surface area contributed by atoms with E-state index in [4.69, 9.17) is 16.3 Å². The number of aliphatic hydroxyl groups excluding tert-OH is 1. The molecule has 0 aliphatic heterocycles. The van der Waals surface area contributed by atoms with Crippen LogP contribution in [-0.2, 0) is 4.74 Å². The lowest BCUT2D eigenvalue weighted by Gasteiger charge is -2.23. The number of nitrogens with one attached hydrogen (secondary N) is 1. The Morgan fingerprint density at radius 1 is 1.33 bits per heavy atom. The van der Waals surface area contributed by atoms with Crippen molar-refractivity contribution in [3.8, 4) is 0 Å². The lowest BCUT2D eigenvalue weighted by molar-refractivity contribution is 0.124. The van der Waals surface area contributed by atoms with Crippen molar-refractivity contribution in [1.82, 2.24) is 5.32 Å². The van der Waals surface area contributed by atoms with E-state index in [0.29, 0.717) is 24.1 Å². The van der Waals surface area contributed by atoms with Crippen LogP contribution in [0.2, 0.25) is 5.02 Å². The third-order valence-corrected chi connectivity index (χ3v) is 3.33. The molecule has 0 amide bonds. The van der Waals surface area contributed by atoms with Gasteiger partial charge >= 0.3 is 0 Å². The third-order valence-electron chi connectivity index (χ3n) is 2.99. The van der Waals surface area contributed by atoms with Crippen molar-refractivity contribution in [2.75, 3.05) is 20.3 Å². The quantitative estimate of drug-likeness (QED) is 0.801. The molecule has 1 aromatic rings. The highest BCUT2D eigenvalue weighted by atomic mass is 35.5. The molecule has 0 saturated carbocycles. The van der Waals surface area contributed by atoms with Crippen LogP contribution in [0.4, 0.5) is 0 Å². The van der Waals surface area contributed by atoms with Crippen LogP contribution in [0.3, 0.4) is 0 Å². The molecule has 0 saturated heterocycles. The molecule has 0 spiro atoms. The minimum absolute atomic E-state index is 0.229. The summed E-state index contributed by atoms with van der Waals surface area (Å²) in [4.78, 5) is 0. The molecule has 0 bridgehead atoms. The molecular weight excluding hydrogens is 250 g/mol. The minimum Gasteiger partial charge on any atom is -0.387 e. The Hall–Kier alpha value is -0.610. The van der Waals surface area contributed by atoms with Gasteiger partial charge in [-0.1, -0.05) is 43.6 Å². The van der Waals surface area contributed by atoms with Crippen LogP contribution in [-0.4, -0.2) is 31.4 Å². The van der Waals surface area contributed by atoms with E-state index in [1.807, 2.05) is 18.2 Å². The van der Waals surface area contributed by atoms with Crippen molar-refractivity contribution < 1.29 is 9.84 Å². The van der Waals surface area contributed by atoms with Crippen molar-refractivity contribution in [3.63, 3.8) is 0 Å². The number of ether oxygens (including phenoxy) is 1. The summed E-state index contributed by atoms with van der Waals surface area (Å²) >= 11 is 6.05. The fraction of sp³-hybridized carbons (Fsp3) is 0.571. The summed E-state index contributed by atoms with van der Waals surface area (Å²) < 4.78 is 5.16. The average Bonchev–Trinajstić information content (AvgIpc) is 2.34. The smallest absolute Gasteiger partial charge is 0.0928 e. The second kappa shape index (κ2) is 7.74. The van der Waals surface area contributed by atoms with E-state index in [0.717, 1.165) is 5.56 Å². The Morgan fingerprint density at radius 2 is 2.00 bits per heavy atom. The predicted molar refractivity (Wildman–Crippen MR) is 74.9 cm³/mol. The summed E-state index contributed by atoms with van der Waals surface area (Å²) in [5, 5.41) is 14.0. The number of hydrogen-bond donors (Lipinski definition) is 2. The second-order valence-electron chi connectivity index (χ2n) is 4.75. The first-order chi connectivity index (χ1) is 8.56. The van der Waals surface area contributed by atoms with Crippen molar-refractivity contribution in [1.29, 1.82) is 0 Å². The van der Waals surface area contributed by atoms with Gasteiger partial charge in [-0.2, -0.15) is 0 Å². The van der Waals surface area contributed by atoms with Gasteiger partial charge in [-0.05, 0) is 12.0 Å². The van der Waals surface area contributed by atoms with Crippen LogP contribution < -0.4 is 5.32 Å². The topological polar surface area (TPSA) is 41.5 Å². The van der Waals surface area contributed by atoms with Gasteiger partial charge in [0.05, 0.1) is 12.7 Å². The van der Waals surface area contributed by atoms with E-state index in [-0.39, 0.29) is 6.04 Å². The first-order valence-electron chi connectivity index (χ1n) is 6.21.